The number of hydrazine groups is 1. The van der Waals surface area contributed by atoms with E-state index >= 15 is 0 Å². The average molecular weight is 403 g/mol. The second-order valence-electron chi connectivity index (χ2n) is 5.66. The number of rotatable bonds is 6. The fourth-order valence-electron chi connectivity index (χ4n) is 2.74. The van der Waals surface area contributed by atoms with Crippen LogP contribution < -0.4 is 10.3 Å². The molecule has 27 heavy (non-hydrogen) atoms. The zero-order valence-corrected chi connectivity index (χ0v) is 16.4. The molecule has 1 unspecified atom stereocenters. The van der Waals surface area contributed by atoms with Gasteiger partial charge in [-0.05, 0) is 24.4 Å². The molecule has 140 valence electrons. The molecule has 0 spiro atoms. The van der Waals surface area contributed by atoms with Crippen LogP contribution in [0, 0.1) is 0 Å². The number of methoxy groups -OCH3 is 1. The highest BCUT2D eigenvalue weighted by molar-refractivity contribution is 7.80. The van der Waals surface area contributed by atoms with Crippen molar-refractivity contribution in [3.8, 4) is 16.6 Å². The summed E-state index contributed by atoms with van der Waals surface area (Å²) in [4.78, 5) is 10.8. The summed E-state index contributed by atoms with van der Waals surface area (Å²) in [5.74, 6) is 2.72. The van der Waals surface area contributed by atoms with Crippen molar-refractivity contribution in [3.05, 3.63) is 53.4 Å². The summed E-state index contributed by atoms with van der Waals surface area (Å²) >= 11 is 6.35. The predicted octanol–water partition coefficient (Wildman–Crippen LogP) is 3.11. The molecule has 0 aromatic carbocycles. The Morgan fingerprint density at radius 2 is 2.26 bits per heavy atom. The zero-order valence-electron chi connectivity index (χ0n) is 14.7. The first kappa shape index (κ1) is 17.8. The van der Waals surface area contributed by atoms with Gasteiger partial charge in [-0.25, -0.2) is 4.98 Å². The second kappa shape index (κ2) is 7.59. The molecule has 4 rings (SSSR count). The molecular weight excluding hydrogens is 384 g/mol. The lowest BCUT2D eigenvalue weighted by molar-refractivity contribution is 0.0382. The lowest BCUT2D eigenvalue weighted by Crippen LogP contribution is -2.31. The van der Waals surface area contributed by atoms with Crippen LogP contribution in [-0.4, -0.2) is 31.9 Å². The first-order valence-corrected chi connectivity index (χ1v) is 9.69. The lowest BCUT2D eigenvalue weighted by Gasteiger charge is -2.21. The van der Waals surface area contributed by atoms with Crippen molar-refractivity contribution in [2.24, 2.45) is 0 Å². The standard InChI is InChI=1S/C17H18N6O2S2/c1-3-22-15(13-5-4-8-27-13)19-20-16(22)17(26)23-10-12(25-21-23)11-6-7-18-14(9-11)24-2/h4-10,17,21,26H,3H2,1-2H3. The van der Waals surface area contributed by atoms with E-state index in [0.717, 1.165) is 28.6 Å². The van der Waals surface area contributed by atoms with E-state index in [1.807, 2.05) is 34.3 Å². The molecule has 10 heteroatoms. The third-order valence-corrected chi connectivity index (χ3v) is 5.42. The molecule has 3 aromatic rings. The SMILES string of the molecule is CCn1c(-c2cccs2)nnc1C(S)N1C=C(c2ccnc(OC)c2)ON1. The van der Waals surface area contributed by atoms with Crippen molar-refractivity contribution < 1.29 is 9.57 Å². The van der Waals surface area contributed by atoms with Gasteiger partial charge in [0.15, 0.2) is 22.8 Å². The van der Waals surface area contributed by atoms with Crippen LogP contribution in [0.5, 0.6) is 5.88 Å². The minimum absolute atomic E-state index is 0.382. The third-order valence-electron chi connectivity index (χ3n) is 4.08. The van der Waals surface area contributed by atoms with E-state index in [-0.39, 0.29) is 5.37 Å². The van der Waals surface area contributed by atoms with Crippen molar-refractivity contribution in [3.63, 3.8) is 0 Å². The van der Waals surface area contributed by atoms with Crippen LogP contribution in [0.15, 0.2) is 42.0 Å². The van der Waals surface area contributed by atoms with Crippen molar-refractivity contribution in [1.82, 2.24) is 30.3 Å². The van der Waals surface area contributed by atoms with Crippen molar-refractivity contribution in [2.75, 3.05) is 7.11 Å². The summed E-state index contributed by atoms with van der Waals surface area (Å²) in [5.41, 5.74) is 3.70. The Hall–Kier alpha value is -2.56. The smallest absolute Gasteiger partial charge is 0.213 e. The summed E-state index contributed by atoms with van der Waals surface area (Å²) in [6.45, 7) is 2.79. The summed E-state index contributed by atoms with van der Waals surface area (Å²) in [7, 11) is 1.58. The minimum Gasteiger partial charge on any atom is -0.481 e. The Kier molecular flexibility index (Phi) is 5.01. The van der Waals surface area contributed by atoms with E-state index in [1.54, 1.807) is 35.7 Å². The van der Waals surface area contributed by atoms with Crippen LogP contribution >= 0.6 is 24.0 Å². The highest BCUT2D eigenvalue weighted by Crippen LogP contribution is 2.32. The average Bonchev–Trinajstić information content (AvgIpc) is 3.47. The number of thiophene rings is 1. The molecule has 0 saturated heterocycles. The van der Waals surface area contributed by atoms with Gasteiger partial charge in [0, 0.05) is 24.4 Å². The summed E-state index contributed by atoms with van der Waals surface area (Å²) in [5, 5.41) is 12.1. The van der Waals surface area contributed by atoms with Crippen LogP contribution in [0.1, 0.15) is 23.7 Å². The molecule has 4 heterocycles. The summed E-state index contributed by atoms with van der Waals surface area (Å²) < 4.78 is 7.21. The Bertz CT molecular complexity index is 956. The van der Waals surface area contributed by atoms with E-state index in [0.29, 0.717) is 11.6 Å². The molecule has 0 amide bonds. The normalized spacial score (nSPS) is 14.8. The third kappa shape index (κ3) is 3.38. The molecule has 0 aliphatic carbocycles. The number of nitrogens with zero attached hydrogens (tertiary/aromatic N) is 5. The lowest BCUT2D eigenvalue weighted by atomic mass is 10.2. The highest BCUT2D eigenvalue weighted by Gasteiger charge is 2.27. The number of pyridine rings is 1. The molecule has 3 aromatic heterocycles. The molecule has 1 atom stereocenters. The van der Waals surface area contributed by atoms with Crippen LogP contribution in [0.4, 0.5) is 0 Å². The number of ether oxygens (including phenoxy) is 1. The Morgan fingerprint density at radius 3 is 3.00 bits per heavy atom. The molecule has 1 N–H and O–H groups in total. The highest BCUT2D eigenvalue weighted by atomic mass is 32.1. The van der Waals surface area contributed by atoms with E-state index in [9.17, 15) is 0 Å². The molecule has 1 aliphatic rings. The fourth-order valence-corrected chi connectivity index (χ4v) is 3.76. The van der Waals surface area contributed by atoms with Gasteiger partial charge in [-0.15, -0.1) is 34.2 Å². The number of aromatic nitrogens is 4. The van der Waals surface area contributed by atoms with Crippen molar-refractivity contribution in [1.29, 1.82) is 0 Å². The Morgan fingerprint density at radius 1 is 1.37 bits per heavy atom. The maximum Gasteiger partial charge on any atom is 0.213 e. The summed E-state index contributed by atoms with van der Waals surface area (Å²) in [6.07, 6.45) is 3.49. The van der Waals surface area contributed by atoms with Crippen LogP contribution in [0.25, 0.3) is 16.5 Å². The van der Waals surface area contributed by atoms with Gasteiger partial charge in [-0.2, -0.15) is 0 Å². The molecule has 0 fully saturated rings. The van der Waals surface area contributed by atoms with Crippen LogP contribution in [0.3, 0.4) is 0 Å². The van der Waals surface area contributed by atoms with Crippen LogP contribution in [0.2, 0.25) is 0 Å². The van der Waals surface area contributed by atoms with Crippen molar-refractivity contribution in [2.45, 2.75) is 18.8 Å². The maximum atomic E-state index is 5.60. The first-order valence-electron chi connectivity index (χ1n) is 8.29. The second-order valence-corrected chi connectivity index (χ2v) is 7.09. The number of nitrogens with one attached hydrogen (secondary N) is 1. The van der Waals surface area contributed by atoms with E-state index in [4.69, 9.17) is 22.2 Å². The molecule has 0 bridgehead atoms. The van der Waals surface area contributed by atoms with Crippen LogP contribution in [-0.2, 0) is 11.4 Å². The Balaban J connectivity index is 1.60. The van der Waals surface area contributed by atoms with E-state index in [1.165, 1.54) is 0 Å². The van der Waals surface area contributed by atoms with E-state index < -0.39 is 0 Å². The van der Waals surface area contributed by atoms with E-state index in [2.05, 4.69) is 27.7 Å². The number of hydrogen-bond acceptors (Lipinski definition) is 9. The number of thiol groups is 1. The van der Waals surface area contributed by atoms with Gasteiger partial charge < -0.3 is 14.1 Å². The maximum absolute atomic E-state index is 5.60. The van der Waals surface area contributed by atoms with Crippen molar-refractivity contribution >= 4 is 29.7 Å². The molecule has 1 aliphatic heterocycles. The van der Waals surface area contributed by atoms with Gasteiger partial charge in [-0.3, -0.25) is 5.01 Å². The topological polar surface area (TPSA) is 77.3 Å². The van der Waals surface area contributed by atoms with Gasteiger partial charge in [0.05, 0.1) is 18.2 Å². The first-order chi connectivity index (χ1) is 13.2. The van der Waals surface area contributed by atoms with Gasteiger partial charge in [0.1, 0.15) is 0 Å². The zero-order chi connectivity index (χ0) is 18.8. The fraction of sp³-hybridized carbons (Fsp3) is 0.235. The molecular formula is C17H18N6O2S2. The largest absolute Gasteiger partial charge is 0.481 e. The Labute approximate surface area is 165 Å². The molecule has 8 nitrogen and oxygen atoms in total. The van der Waals surface area contributed by atoms with Gasteiger partial charge in [0.2, 0.25) is 5.88 Å². The van der Waals surface area contributed by atoms with Gasteiger partial charge >= 0.3 is 0 Å². The molecule has 0 radical (unpaired) electrons. The minimum atomic E-state index is -0.382. The number of hydrogen-bond donors (Lipinski definition) is 2. The summed E-state index contributed by atoms with van der Waals surface area (Å²) in [6, 6.07) is 7.68. The van der Waals surface area contributed by atoms with Gasteiger partial charge in [-0.1, -0.05) is 11.7 Å². The van der Waals surface area contributed by atoms with Gasteiger partial charge in [0.25, 0.3) is 0 Å². The quantitative estimate of drug-likeness (QED) is 0.614. The predicted molar refractivity (Wildman–Crippen MR) is 106 cm³/mol. The monoisotopic (exact) mass is 402 g/mol. The molecule has 0 saturated carbocycles.